The summed E-state index contributed by atoms with van der Waals surface area (Å²) in [5.41, 5.74) is 0.204. The zero-order valence-electron chi connectivity index (χ0n) is 13.4. The standard InChI is InChI=1S/C17H24N2O3/c1-16(2,3)19-15(20)21-14-12-6-4-5-7-13(12)22-17(14)8-10-18-11-9-17/h4-7,14,18H,8-11H2,1-3H3,(H,19,20)/t14-/m1/s1. The minimum absolute atomic E-state index is 0.322. The Bertz CT molecular complexity index is 559. The molecule has 22 heavy (non-hydrogen) atoms. The highest BCUT2D eigenvalue weighted by Crippen LogP contribution is 2.49. The van der Waals surface area contributed by atoms with Crippen LogP contribution in [-0.4, -0.2) is 30.3 Å². The van der Waals surface area contributed by atoms with Crippen molar-refractivity contribution in [2.24, 2.45) is 0 Å². The van der Waals surface area contributed by atoms with Gasteiger partial charge in [-0.25, -0.2) is 4.79 Å². The van der Waals surface area contributed by atoms with E-state index in [9.17, 15) is 4.79 Å². The number of nitrogens with one attached hydrogen (secondary N) is 2. The monoisotopic (exact) mass is 304 g/mol. The van der Waals surface area contributed by atoms with Gasteiger partial charge < -0.3 is 20.1 Å². The van der Waals surface area contributed by atoms with Crippen LogP contribution >= 0.6 is 0 Å². The Hall–Kier alpha value is -1.75. The molecule has 1 atom stereocenters. The average Bonchev–Trinajstić information content (AvgIpc) is 2.72. The Kier molecular flexibility index (Phi) is 3.77. The van der Waals surface area contributed by atoms with E-state index in [1.807, 2.05) is 45.0 Å². The van der Waals surface area contributed by atoms with Crippen LogP contribution in [0.2, 0.25) is 0 Å². The number of hydrogen-bond donors (Lipinski definition) is 2. The number of carbonyl (C=O) groups excluding carboxylic acids is 1. The van der Waals surface area contributed by atoms with Crippen molar-refractivity contribution in [1.82, 2.24) is 10.6 Å². The van der Waals surface area contributed by atoms with E-state index in [-0.39, 0.29) is 11.6 Å². The minimum Gasteiger partial charge on any atom is -0.482 e. The van der Waals surface area contributed by atoms with Crippen molar-refractivity contribution >= 4 is 6.09 Å². The lowest BCUT2D eigenvalue weighted by Crippen LogP contribution is -2.50. The summed E-state index contributed by atoms with van der Waals surface area (Å²) in [5.74, 6) is 0.831. The first-order valence-corrected chi connectivity index (χ1v) is 7.87. The van der Waals surface area contributed by atoms with Gasteiger partial charge in [-0.2, -0.15) is 0 Å². The third-order valence-corrected chi connectivity index (χ3v) is 4.14. The SMILES string of the molecule is CC(C)(C)NC(=O)O[C@@H]1c2ccccc2OC12CCNCC2. The van der Waals surface area contributed by atoms with Gasteiger partial charge in [-0.3, -0.25) is 0 Å². The number of alkyl carbamates (subject to hydrolysis) is 1. The van der Waals surface area contributed by atoms with Crippen molar-refractivity contribution < 1.29 is 14.3 Å². The van der Waals surface area contributed by atoms with Crippen LogP contribution in [0.3, 0.4) is 0 Å². The van der Waals surface area contributed by atoms with E-state index in [0.717, 1.165) is 37.2 Å². The molecule has 1 amide bonds. The maximum absolute atomic E-state index is 12.2. The van der Waals surface area contributed by atoms with Crippen LogP contribution in [0.25, 0.3) is 0 Å². The van der Waals surface area contributed by atoms with Crippen LogP contribution in [0.4, 0.5) is 4.79 Å². The van der Waals surface area contributed by atoms with E-state index in [1.54, 1.807) is 0 Å². The van der Waals surface area contributed by atoms with E-state index in [0.29, 0.717) is 0 Å². The van der Waals surface area contributed by atoms with Gasteiger partial charge >= 0.3 is 6.09 Å². The summed E-state index contributed by atoms with van der Waals surface area (Å²) in [6.45, 7) is 7.55. The van der Waals surface area contributed by atoms with Gasteiger partial charge in [0.1, 0.15) is 5.75 Å². The van der Waals surface area contributed by atoms with Gasteiger partial charge in [0.2, 0.25) is 0 Å². The molecule has 5 nitrogen and oxygen atoms in total. The molecule has 1 aromatic rings. The molecule has 2 aliphatic heterocycles. The second kappa shape index (κ2) is 5.47. The van der Waals surface area contributed by atoms with Crippen molar-refractivity contribution in [3.63, 3.8) is 0 Å². The van der Waals surface area contributed by atoms with E-state index >= 15 is 0 Å². The Labute approximate surface area is 131 Å². The molecule has 3 rings (SSSR count). The molecule has 0 saturated carbocycles. The molecule has 1 saturated heterocycles. The van der Waals surface area contributed by atoms with Gasteiger partial charge in [-0.1, -0.05) is 18.2 Å². The Morgan fingerprint density at radius 3 is 2.68 bits per heavy atom. The van der Waals surface area contributed by atoms with Gasteiger partial charge in [0.05, 0.1) is 0 Å². The number of rotatable bonds is 1. The summed E-state index contributed by atoms with van der Waals surface area (Å²) in [6, 6.07) is 7.84. The number of benzene rings is 1. The van der Waals surface area contributed by atoms with E-state index in [1.165, 1.54) is 0 Å². The summed E-state index contributed by atoms with van der Waals surface area (Å²) in [6.07, 6.45) is 0.911. The third kappa shape index (κ3) is 2.90. The Morgan fingerprint density at radius 1 is 1.32 bits per heavy atom. The normalized spacial score (nSPS) is 22.8. The van der Waals surface area contributed by atoms with Gasteiger partial charge in [0, 0.05) is 23.9 Å². The fourth-order valence-electron chi connectivity index (χ4n) is 3.17. The molecule has 1 aromatic carbocycles. The predicted octanol–water partition coefficient (Wildman–Crippen LogP) is 2.77. The topological polar surface area (TPSA) is 59.6 Å². The number of fused-ring (bicyclic) bond motifs is 1. The summed E-state index contributed by atoms with van der Waals surface area (Å²) in [7, 11) is 0. The minimum atomic E-state index is -0.440. The zero-order valence-corrected chi connectivity index (χ0v) is 13.4. The van der Waals surface area contributed by atoms with E-state index in [2.05, 4.69) is 10.6 Å². The first-order chi connectivity index (χ1) is 10.4. The molecule has 2 N–H and O–H groups in total. The molecule has 0 unspecified atom stereocenters. The smallest absolute Gasteiger partial charge is 0.408 e. The molecule has 1 spiro atoms. The second-order valence-electron chi connectivity index (χ2n) is 7.12. The molecular weight excluding hydrogens is 280 g/mol. The van der Waals surface area contributed by atoms with Gasteiger partial charge in [-0.15, -0.1) is 0 Å². The second-order valence-corrected chi connectivity index (χ2v) is 7.12. The number of ether oxygens (including phenoxy) is 2. The maximum Gasteiger partial charge on any atom is 0.408 e. The van der Waals surface area contributed by atoms with Crippen LogP contribution < -0.4 is 15.4 Å². The lowest BCUT2D eigenvalue weighted by Gasteiger charge is -2.37. The lowest BCUT2D eigenvalue weighted by molar-refractivity contribution is -0.0565. The maximum atomic E-state index is 12.2. The first kappa shape index (κ1) is 15.2. The van der Waals surface area contributed by atoms with Gasteiger partial charge in [0.15, 0.2) is 11.7 Å². The molecule has 2 heterocycles. The average molecular weight is 304 g/mol. The van der Waals surface area contributed by atoms with Crippen molar-refractivity contribution in [3.05, 3.63) is 29.8 Å². The van der Waals surface area contributed by atoms with Gasteiger partial charge in [0.25, 0.3) is 0 Å². The Balaban J connectivity index is 1.85. The number of para-hydroxylation sites is 1. The third-order valence-electron chi connectivity index (χ3n) is 4.14. The summed E-state index contributed by atoms with van der Waals surface area (Å²) < 4.78 is 12.0. The molecule has 120 valence electrons. The Morgan fingerprint density at radius 2 is 2.00 bits per heavy atom. The molecule has 0 aliphatic carbocycles. The van der Waals surface area contributed by atoms with Crippen molar-refractivity contribution in [3.8, 4) is 5.75 Å². The number of piperidine rings is 1. The van der Waals surface area contributed by atoms with Crippen LogP contribution in [0.5, 0.6) is 5.75 Å². The molecule has 0 radical (unpaired) electrons. The molecule has 0 bridgehead atoms. The van der Waals surface area contributed by atoms with Crippen LogP contribution in [-0.2, 0) is 4.74 Å². The molecule has 2 aliphatic rings. The van der Waals surface area contributed by atoms with E-state index in [4.69, 9.17) is 9.47 Å². The zero-order chi connectivity index (χ0) is 15.8. The predicted molar refractivity (Wildman–Crippen MR) is 84.0 cm³/mol. The highest BCUT2D eigenvalue weighted by molar-refractivity contribution is 5.69. The van der Waals surface area contributed by atoms with Crippen molar-refractivity contribution in [2.45, 2.75) is 50.9 Å². The summed E-state index contributed by atoms with van der Waals surface area (Å²) >= 11 is 0. The summed E-state index contributed by atoms with van der Waals surface area (Å²) in [5, 5.41) is 6.21. The van der Waals surface area contributed by atoms with Crippen molar-refractivity contribution in [1.29, 1.82) is 0 Å². The quantitative estimate of drug-likeness (QED) is 0.837. The molecule has 1 fully saturated rings. The van der Waals surface area contributed by atoms with Gasteiger partial charge in [-0.05, 0) is 39.9 Å². The highest BCUT2D eigenvalue weighted by Gasteiger charge is 2.51. The number of carbonyl (C=O) groups is 1. The lowest BCUT2D eigenvalue weighted by atomic mass is 9.85. The molecule has 0 aromatic heterocycles. The van der Waals surface area contributed by atoms with Crippen LogP contribution in [0, 0.1) is 0 Å². The van der Waals surface area contributed by atoms with Crippen LogP contribution in [0.1, 0.15) is 45.3 Å². The van der Waals surface area contributed by atoms with E-state index < -0.39 is 11.7 Å². The molecular formula is C17H24N2O3. The van der Waals surface area contributed by atoms with Crippen molar-refractivity contribution in [2.75, 3.05) is 13.1 Å². The van der Waals surface area contributed by atoms with Crippen LogP contribution in [0.15, 0.2) is 24.3 Å². The fraction of sp³-hybridized carbons (Fsp3) is 0.588. The fourth-order valence-corrected chi connectivity index (χ4v) is 3.17. The molecule has 5 heteroatoms. The largest absolute Gasteiger partial charge is 0.482 e. The summed E-state index contributed by atoms with van der Waals surface area (Å²) in [4.78, 5) is 12.2. The number of amides is 1. The number of hydrogen-bond acceptors (Lipinski definition) is 4. The highest BCUT2D eigenvalue weighted by atomic mass is 16.6. The first-order valence-electron chi connectivity index (χ1n) is 7.87.